The van der Waals surface area contributed by atoms with E-state index in [4.69, 9.17) is 4.52 Å². The minimum Gasteiger partial charge on any atom is -0.360 e. The minimum absolute atomic E-state index is 0.194. The molecule has 1 fully saturated rings. The number of anilines is 1. The second kappa shape index (κ2) is 7.91. The van der Waals surface area contributed by atoms with Gasteiger partial charge in [-0.15, -0.1) is 5.10 Å². The molecule has 1 aliphatic carbocycles. The van der Waals surface area contributed by atoms with E-state index in [1.807, 2.05) is 35.0 Å². The predicted molar refractivity (Wildman–Crippen MR) is 100 cm³/mol. The number of carbonyl (C=O) groups is 1. The van der Waals surface area contributed by atoms with Crippen LogP contribution in [-0.4, -0.2) is 31.3 Å². The molecule has 1 aliphatic rings. The van der Waals surface area contributed by atoms with Crippen LogP contribution < -0.4 is 5.32 Å². The summed E-state index contributed by atoms with van der Waals surface area (Å²) < 4.78 is 6.90. The molecule has 140 valence electrons. The maximum absolute atomic E-state index is 13.0. The smallest absolute Gasteiger partial charge is 0.243 e. The number of aryl methyl sites for hydroxylation is 1. The van der Waals surface area contributed by atoms with Gasteiger partial charge in [-0.3, -0.25) is 4.79 Å². The zero-order chi connectivity index (χ0) is 18.6. The van der Waals surface area contributed by atoms with Crippen molar-refractivity contribution in [2.75, 3.05) is 5.32 Å². The van der Waals surface area contributed by atoms with Crippen LogP contribution in [-0.2, 0) is 4.79 Å². The number of nitrogens with one attached hydrogen (secondary N) is 1. The van der Waals surface area contributed by atoms with Gasteiger partial charge in [-0.05, 0) is 35.8 Å². The van der Waals surface area contributed by atoms with Crippen LogP contribution in [0.25, 0.3) is 0 Å². The Morgan fingerprint density at radius 1 is 1.30 bits per heavy atom. The number of amides is 1. The molecule has 2 heterocycles. The van der Waals surface area contributed by atoms with Gasteiger partial charge in [0.05, 0.1) is 6.04 Å². The van der Waals surface area contributed by atoms with Crippen molar-refractivity contribution in [1.82, 2.24) is 25.4 Å². The molecule has 9 heteroatoms. The van der Waals surface area contributed by atoms with E-state index in [2.05, 4.69) is 26.0 Å². The van der Waals surface area contributed by atoms with Gasteiger partial charge >= 0.3 is 0 Å². The summed E-state index contributed by atoms with van der Waals surface area (Å²) in [4.78, 5) is 13.0. The van der Waals surface area contributed by atoms with Gasteiger partial charge in [-0.2, -0.15) is 0 Å². The van der Waals surface area contributed by atoms with Crippen molar-refractivity contribution < 1.29 is 9.32 Å². The zero-order valence-electron chi connectivity index (χ0n) is 14.9. The molecule has 1 atom stereocenters. The van der Waals surface area contributed by atoms with Crippen molar-refractivity contribution in [2.24, 2.45) is 0 Å². The number of thioether (sulfide) groups is 1. The highest BCUT2D eigenvalue weighted by molar-refractivity contribution is 8.00. The van der Waals surface area contributed by atoms with Crippen LogP contribution in [0.5, 0.6) is 0 Å². The summed E-state index contributed by atoms with van der Waals surface area (Å²) in [5.74, 6) is 0.842. The van der Waals surface area contributed by atoms with Crippen LogP contribution >= 0.6 is 11.8 Å². The monoisotopic (exact) mass is 384 g/mol. The maximum atomic E-state index is 13.0. The number of rotatable bonds is 6. The fourth-order valence-electron chi connectivity index (χ4n) is 3.26. The Bertz CT molecular complexity index is 903. The number of benzene rings is 1. The topological polar surface area (TPSA) is 98.7 Å². The van der Waals surface area contributed by atoms with E-state index in [-0.39, 0.29) is 5.91 Å². The van der Waals surface area contributed by atoms with E-state index >= 15 is 0 Å². The SMILES string of the molecule is Cc1cc(NC(=O)C(Sc2nnnn2C2CCCC2)c2ccccc2)no1. The molecule has 4 rings (SSSR count). The summed E-state index contributed by atoms with van der Waals surface area (Å²) in [6, 6.07) is 11.6. The third kappa shape index (κ3) is 4.02. The van der Waals surface area contributed by atoms with Gasteiger partial charge in [-0.1, -0.05) is 60.1 Å². The number of tetrazole rings is 1. The predicted octanol–water partition coefficient (Wildman–Crippen LogP) is 3.56. The molecule has 0 bridgehead atoms. The molecule has 1 N–H and O–H groups in total. The van der Waals surface area contributed by atoms with Gasteiger partial charge in [0.1, 0.15) is 11.0 Å². The first kappa shape index (κ1) is 17.7. The Kier molecular flexibility index (Phi) is 5.19. The molecular formula is C18H20N6O2S. The van der Waals surface area contributed by atoms with Gasteiger partial charge in [-0.25, -0.2) is 4.68 Å². The second-order valence-electron chi connectivity index (χ2n) is 6.56. The molecule has 0 radical (unpaired) electrons. The molecule has 1 amide bonds. The average Bonchev–Trinajstić information content (AvgIpc) is 3.42. The van der Waals surface area contributed by atoms with E-state index in [0.717, 1.165) is 18.4 Å². The Labute approximate surface area is 160 Å². The molecule has 1 aromatic carbocycles. The highest BCUT2D eigenvalue weighted by atomic mass is 32.2. The number of aromatic nitrogens is 5. The maximum Gasteiger partial charge on any atom is 0.243 e. The first-order valence-electron chi connectivity index (χ1n) is 8.94. The van der Waals surface area contributed by atoms with Gasteiger partial charge in [0, 0.05) is 6.07 Å². The molecular weight excluding hydrogens is 364 g/mol. The average molecular weight is 384 g/mol. The standard InChI is InChI=1S/C18H20N6O2S/c1-12-11-15(21-26-12)19-17(25)16(13-7-3-2-4-8-13)27-18-20-22-23-24(18)14-9-5-6-10-14/h2-4,7-8,11,14,16H,5-6,9-10H2,1H3,(H,19,21,25). The van der Waals surface area contributed by atoms with Crippen molar-refractivity contribution >= 4 is 23.5 Å². The van der Waals surface area contributed by atoms with Crippen LogP contribution in [0.15, 0.2) is 46.1 Å². The number of hydrogen-bond donors (Lipinski definition) is 1. The lowest BCUT2D eigenvalue weighted by Crippen LogP contribution is -2.20. The number of carbonyl (C=O) groups excluding carboxylic acids is 1. The second-order valence-corrected chi connectivity index (χ2v) is 7.64. The molecule has 8 nitrogen and oxygen atoms in total. The van der Waals surface area contributed by atoms with E-state index in [1.54, 1.807) is 13.0 Å². The number of hydrogen-bond acceptors (Lipinski definition) is 7. The lowest BCUT2D eigenvalue weighted by molar-refractivity contribution is -0.115. The lowest BCUT2D eigenvalue weighted by Gasteiger charge is -2.17. The lowest BCUT2D eigenvalue weighted by atomic mass is 10.1. The molecule has 0 spiro atoms. The molecule has 2 aromatic heterocycles. The van der Waals surface area contributed by atoms with Crippen LogP contribution in [0.4, 0.5) is 5.82 Å². The first-order valence-corrected chi connectivity index (χ1v) is 9.82. The van der Waals surface area contributed by atoms with Crippen LogP contribution in [0, 0.1) is 6.92 Å². The normalized spacial score (nSPS) is 15.7. The molecule has 1 unspecified atom stereocenters. The van der Waals surface area contributed by atoms with E-state index in [0.29, 0.717) is 22.8 Å². The van der Waals surface area contributed by atoms with Crippen molar-refractivity contribution in [3.8, 4) is 0 Å². The molecule has 1 saturated carbocycles. The van der Waals surface area contributed by atoms with Crippen molar-refractivity contribution in [3.05, 3.63) is 47.7 Å². The quantitative estimate of drug-likeness (QED) is 0.649. The Hall–Kier alpha value is -2.68. The van der Waals surface area contributed by atoms with Crippen LogP contribution in [0.1, 0.15) is 48.3 Å². The largest absolute Gasteiger partial charge is 0.360 e. The Morgan fingerprint density at radius 2 is 2.07 bits per heavy atom. The summed E-state index contributed by atoms with van der Waals surface area (Å²) in [6.07, 6.45) is 4.50. The molecule has 27 heavy (non-hydrogen) atoms. The summed E-state index contributed by atoms with van der Waals surface area (Å²) >= 11 is 1.35. The van der Waals surface area contributed by atoms with Gasteiger partial charge in [0.25, 0.3) is 0 Å². The van der Waals surface area contributed by atoms with Gasteiger partial charge in [0.2, 0.25) is 11.1 Å². The first-order chi connectivity index (χ1) is 13.2. The van der Waals surface area contributed by atoms with E-state index in [9.17, 15) is 4.79 Å². The fourth-order valence-corrected chi connectivity index (χ4v) is 4.31. The van der Waals surface area contributed by atoms with Gasteiger partial charge < -0.3 is 9.84 Å². The molecule has 0 aliphatic heterocycles. The fraction of sp³-hybridized carbons (Fsp3) is 0.389. The van der Waals surface area contributed by atoms with Crippen molar-refractivity contribution in [1.29, 1.82) is 0 Å². The third-order valence-corrected chi connectivity index (χ3v) is 5.78. The summed E-state index contributed by atoms with van der Waals surface area (Å²) in [6.45, 7) is 1.78. The number of nitrogens with zero attached hydrogens (tertiary/aromatic N) is 5. The summed E-state index contributed by atoms with van der Waals surface area (Å²) in [7, 11) is 0. The minimum atomic E-state index is -0.505. The summed E-state index contributed by atoms with van der Waals surface area (Å²) in [5, 5.41) is 19.0. The Balaban J connectivity index is 1.59. The zero-order valence-corrected chi connectivity index (χ0v) is 15.7. The van der Waals surface area contributed by atoms with Crippen LogP contribution in [0.3, 0.4) is 0 Å². The van der Waals surface area contributed by atoms with Crippen molar-refractivity contribution in [3.63, 3.8) is 0 Å². The van der Waals surface area contributed by atoms with Gasteiger partial charge in [0.15, 0.2) is 5.82 Å². The highest BCUT2D eigenvalue weighted by Gasteiger charge is 2.28. The van der Waals surface area contributed by atoms with Crippen molar-refractivity contribution in [2.45, 2.75) is 49.1 Å². The highest BCUT2D eigenvalue weighted by Crippen LogP contribution is 2.38. The van der Waals surface area contributed by atoms with Crippen LogP contribution in [0.2, 0.25) is 0 Å². The van der Waals surface area contributed by atoms with E-state index in [1.165, 1.54) is 24.6 Å². The van der Waals surface area contributed by atoms with E-state index < -0.39 is 5.25 Å². The summed E-state index contributed by atoms with van der Waals surface area (Å²) in [5.41, 5.74) is 0.876. The molecule has 3 aromatic rings. The Morgan fingerprint density at radius 3 is 2.78 bits per heavy atom. The molecule has 0 saturated heterocycles. The third-order valence-electron chi connectivity index (χ3n) is 4.58.